The highest BCUT2D eigenvalue weighted by Crippen LogP contribution is 2.31. The summed E-state index contributed by atoms with van der Waals surface area (Å²) in [5, 5.41) is 7.44. The molecule has 4 nitrogen and oxygen atoms in total. The van der Waals surface area contributed by atoms with Crippen molar-refractivity contribution >= 4 is 11.5 Å². The average molecular weight is 232 g/mol. The second-order valence-electron chi connectivity index (χ2n) is 4.71. The number of nitrogens with one attached hydrogen (secondary N) is 1. The molecule has 2 rings (SSSR count). The van der Waals surface area contributed by atoms with Crippen LogP contribution in [-0.2, 0) is 0 Å². The number of rotatable bonds is 3. The van der Waals surface area contributed by atoms with E-state index in [1.54, 1.807) is 6.20 Å². The summed E-state index contributed by atoms with van der Waals surface area (Å²) >= 11 is 0. The number of aromatic nitrogens is 1. The number of amidine groups is 1. The smallest absolute Gasteiger partial charge is 0.141 e. The van der Waals surface area contributed by atoms with Gasteiger partial charge in [-0.25, -0.2) is 0 Å². The molecule has 0 saturated carbocycles. The highest BCUT2D eigenvalue weighted by Gasteiger charge is 2.29. The summed E-state index contributed by atoms with van der Waals surface area (Å²) in [7, 11) is 0. The topological polar surface area (TPSA) is 66.0 Å². The molecule has 17 heavy (non-hydrogen) atoms. The summed E-state index contributed by atoms with van der Waals surface area (Å²) in [5.74, 6) is 0.0340. The Hall–Kier alpha value is -1.58. The number of pyridine rings is 1. The van der Waals surface area contributed by atoms with Crippen molar-refractivity contribution in [3.8, 4) is 0 Å². The maximum atomic E-state index is 7.44. The second kappa shape index (κ2) is 4.73. The molecule has 0 aromatic carbocycles. The number of nitrogens with zero attached hydrogens (tertiary/aromatic N) is 2. The highest BCUT2D eigenvalue weighted by atomic mass is 15.2. The van der Waals surface area contributed by atoms with E-state index in [1.165, 1.54) is 12.8 Å². The Labute approximate surface area is 102 Å². The van der Waals surface area contributed by atoms with Gasteiger partial charge in [-0.05, 0) is 38.3 Å². The highest BCUT2D eigenvalue weighted by molar-refractivity contribution is 5.93. The second-order valence-corrected chi connectivity index (χ2v) is 4.71. The van der Waals surface area contributed by atoms with Gasteiger partial charge in [0.1, 0.15) is 11.5 Å². The van der Waals surface area contributed by atoms with Crippen molar-refractivity contribution in [1.82, 2.24) is 4.98 Å². The largest absolute Gasteiger partial charge is 0.382 e. The Morgan fingerprint density at radius 1 is 1.59 bits per heavy atom. The molecule has 3 N–H and O–H groups in total. The van der Waals surface area contributed by atoms with Crippen molar-refractivity contribution in [2.75, 3.05) is 4.90 Å². The van der Waals surface area contributed by atoms with Crippen LogP contribution in [0.25, 0.3) is 0 Å². The third-order valence-electron chi connectivity index (χ3n) is 3.57. The van der Waals surface area contributed by atoms with E-state index in [-0.39, 0.29) is 5.84 Å². The maximum Gasteiger partial charge on any atom is 0.141 e. The van der Waals surface area contributed by atoms with Gasteiger partial charge in [-0.3, -0.25) is 10.4 Å². The lowest BCUT2D eigenvalue weighted by Crippen LogP contribution is -2.34. The standard InChI is InChI=1S/C13H20N4/c1-3-10-5-4-9(2)17(10)11-6-7-16-12(8-11)13(14)15/h6-10H,3-5H2,1-2H3,(H3,14,15). The minimum Gasteiger partial charge on any atom is -0.382 e. The van der Waals surface area contributed by atoms with Crippen LogP contribution in [0.4, 0.5) is 5.69 Å². The predicted molar refractivity (Wildman–Crippen MR) is 70.5 cm³/mol. The van der Waals surface area contributed by atoms with E-state index >= 15 is 0 Å². The van der Waals surface area contributed by atoms with Crippen LogP contribution in [0.2, 0.25) is 0 Å². The van der Waals surface area contributed by atoms with Crippen LogP contribution in [-0.4, -0.2) is 22.9 Å². The first-order chi connectivity index (χ1) is 8.13. The molecule has 1 aliphatic heterocycles. The summed E-state index contributed by atoms with van der Waals surface area (Å²) in [6.07, 6.45) is 5.37. The zero-order chi connectivity index (χ0) is 12.4. The third kappa shape index (κ3) is 2.25. The van der Waals surface area contributed by atoms with Crippen LogP contribution in [0.3, 0.4) is 0 Å². The van der Waals surface area contributed by atoms with Crippen molar-refractivity contribution < 1.29 is 0 Å². The molecule has 92 valence electrons. The van der Waals surface area contributed by atoms with Gasteiger partial charge in [0, 0.05) is 24.0 Å². The minimum absolute atomic E-state index is 0.0340. The predicted octanol–water partition coefficient (Wildman–Crippen LogP) is 2.13. The van der Waals surface area contributed by atoms with Crippen LogP contribution in [0.15, 0.2) is 18.3 Å². The number of nitrogens with two attached hydrogens (primary N) is 1. The van der Waals surface area contributed by atoms with E-state index < -0.39 is 0 Å². The first-order valence-corrected chi connectivity index (χ1v) is 6.22. The molecule has 1 aliphatic rings. The lowest BCUT2D eigenvalue weighted by molar-refractivity contribution is 0.627. The quantitative estimate of drug-likeness (QED) is 0.619. The van der Waals surface area contributed by atoms with Crippen molar-refractivity contribution in [2.45, 2.75) is 45.2 Å². The molecular weight excluding hydrogens is 212 g/mol. The molecule has 0 bridgehead atoms. The Balaban J connectivity index is 2.32. The van der Waals surface area contributed by atoms with Crippen LogP contribution in [0.1, 0.15) is 38.8 Å². The van der Waals surface area contributed by atoms with E-state index in [4.69, 9.17) is 11.1 Å². The zero-order valence-corrected chi connectivity index (χ0v) is 10.5. The van der Waals surface area contributed by atoms with Crippen LogP contribution in [0, 0.1) is 5.41 Å². The zero-order valence-electron chi connectivity index (χ0n) is 10.5. The van der Waals surface area contributed by atoms with Crippen molar-refractivity contribution in [2.24, 2.45) is 5.73 Å². The maximum absolute atomic E-state index is 7.44. The summed E-state index contributed by atoms with van der Waals surface area (Å²) in [5.41, 5.74) is 7.19. The summed E-state index contributed by atoms with van der Waals surface area (Å²) < 4.78 is 0. The van der Waals surface area contributed by atoms with Gasteiger partial charge >= 0.3 is 0 Å². The summed E-state index contributed by atoms with van der Waals surface area (Å²) in [6.45, 7) is 4.48. The molecular formula is C13H20N4. The van der Waals surface area contributed by atoms with E-state index in [0.29, 0.717) is 17.8 Å². The fourth-order valence-electron chi connectivity index (χ4n) is 2.67. The lowest BCUT2D eigenvalue weighted by Gasteiger charge is -2.30. The molecule has 0 amide bonds. The van der Waals surface area contributed by atoms with Gasteiger partial charge in [0.25, 0.3) is 0 Å². The molecule has 4 heteroatoms. The molecule has 2 unspecified atom stereocenters. The number of anilines is 1. The lowest BCUT2D eigenvalue weighted by atomic mass is 10.1. The van der Waals surface area contributed by atoms with Gasteiger partial charge < -0.3 is 10.6 Å². The molecule has 1 aromatic rings. The van der Waals surface area contributed by atoms with Gasteiger partial charge in [0.05, 0.1) is 0 Å². The molecule has 2 heterocycles. The molecule has 1 fully saturated rings. The number of hydrogen-bond acceptors (Lipinski definition) is 3. The van der Waals surface area contributed by atoms with Gasteiger partial charge in [0.2, 0.25) is 0 Å². The van der Waals surface area contributed by atoms with Crippen molar-refractivity contribution in [3.05, 3.63) is 24.0 Å². The Morgan fingerprint density at radius 3 is 3.00 bits per heavy atom. The molecule has 2 atom stereocenters. The molecule has 0 spiro atoms. The average Bonchev–Trinajstić information content (AvgIpc) is 2.70. The molecule has 1 aromatic heterocycles. The molecule has 0 radical (unpaired) electrons. The van der Waals surface area contributed by atoms with Crippen molar-refractivity contribution in [1.29, 1.82) is 5.41 Å². The number of nitrogen functional groups attached to an aromatic ring is 1. The molecule has 1 saturated heterocycles. The fraction of sp³-hybridized carbons (Fsp3) is 0.538. The summed E-state index contributed by atoms with van der Waals surface area (Å²) in [6, 6.07) is 5.10. The monoisotopic (exact) mass is 232 g/mol. The van der Waals surface area contributed by atoms with Crippen LogP contribution >= 0.6 is 0 Å². The van der Waals surface area contributed by atoms with Gasteiger partial charge in [-0.1, -0.05) is 6.92 Å². The van der Waals surface area contributed by atoms with Gasteiger partial charge in [-0.15, -0.1) is 0 Å². The van der Waals surface area contributed by atoms with Crippen LogP contribution < -0.4 is 10.6 Å². The van der Waals surface area contributed by atoms with E-state index in [1.807, 2.05) is 12.1 Å². The normalized spacial score (nSPS) is 24.0. The van der Waals surface area contributed by atoms with E-state index in [9.17, 15) is 0 Å². The fourth-order valence-corrected chi connectivity index (χ4v) is 2.67. The number of hydrogen-bond donors (Lipinski definition) is 2. The Bertz CT molecular complexity index is 416. The third-order valence-corrected chi connectivity index (χ3v) is 3.57. The van der Waals surface area contributed by atoms with Crippen LogP contribution in [0.5, 0.6) is 0 Å². The molecule has 0 aliphatic carbocycles. The Kier molecular flexibility index (Phi) is 3.31. The Morgan fingerprint density at radius 2 is 2.35 bits per heavy atom. The first kappa shape index (κ1) is 11.9. The van der Waals surface area contributed by atoms with Crippen molar-refractivity contribution in [3.63, 3.8) is 0 Å². The summed E-state index contributed by atoms with van der Waals surface area (Å²) in [4.78, 5) is 6.55. The van der Waals surface area contributed by atoms with E-state index in [2.05, 4.69) is 23.7 Å². The van der Waals surface area contributed by atoms with Gasteiger partial charge in [0.15, 0.2) is 0 Å². The van der Waals surface area contributed by atoms with Gasteiger partial charge in [-0.2, -0.15) is 0 Å². The SMILES string of the molecule is CCC1CCC(C)N1c1ccnc(C(=N)N)c1. The van der Waals surface area contributed by atoms with E-state index in [0.717, 1.165) is 12.1 Å². The minimum atomic E-state index is 0.0340. The first-order valence-electron chi connectivity index (χ1n) is 6.22.